The molecule has 0 saturated carbocycles. The number of halogens is 2. The molecule has 0 spiro atoms. The van der Waals surface area contributed by atoms with Gasteiger partial charge in [-0.15, -0.1) is 0 Å². The summed E-state index contributed by atoms with van der Waals surface area (Å²) in [6, 6.07) is 10.9. The summed E-state index contributed by atoms with van der Waals surface area (Å²) < 4.78 is 37.9. The van der Waals surface area contributed by atoms with Crippen molar-refractivity contribution in [3.05, 3.63) is 52.8 Å². The molecule has 100 valence electrons. The van der Waals surface area contributed by atoms with Crippen LogP contribution in [0.2, 0.25) is 0 Å². The maximum atomic E-state index is 13.7. The molecule has 2 nitrogen and oxygen atoms in total. The van der Waals surface area contributed by atoms with E-state index < -0.39 is 9.84 Å². The zero-order valence-corrected chi connectivity index (χ0v) is 12.6. The van der Waals surface area contributed by atoms with E-state index in [1.165, 1.54) is 18.2 Å². The van der Waals surface area contributed by atoms with E-state index in [2.05, 4.69) is 15.9 Å². The molecule has 0 saturated heterocycles. The number of hydrogen-bond donors (Lipinski definition) is 0. The van der Waals surface area contributed by atoms with Gasteiger partial charge in [0.15, 0.2) is 9.84 Å². The summed E-state index contributed by atoms with van der Waals surface area (Å²) in [5.41, 5.74) is 1.09. The van der Waals surface area contributed by atoms with Gasteiger partial charge in [0, 0.05) is 10.0 Å². The van der Waals surface area contributed by atoms with E-state index in [0.717, 1.165) is 4.47 Å². The Labute approximate surface area is 120 Å². The van der Waals surface area contributed by atoms with Crippen LogP contribution in [0.1, 0.15) is 6.92 Å². The lowest BCUT2D eigenvalue weighted by atomic mass is 10.1. The third-order valence-electron chi connectivity index (χ3n) is 2.83. The van der Waals surface area contributed by atoms with Gasteiger partial charge in [-0.3, -0.25) is 0 Å². The molecular formula is C14H12BrFO2S. The van der Waals surface area contributed by atoms with Crippen LogP contribution in [0.15, 0.2) is 51.8 Å². The molecule has 0 N–H and O–H groups in total. The molecule has 2 aromatic rings. The number of sulfone groups is 1. The summed E-state index contributed by atoms with van der Waals surface area (Å²) in [6.45, 7) is 1.59. The fourth-order valence-corrected chi connectivity index (χ4v) is 2.97. The molecule has 0 aliphatic heterocycles. The summed E-state index contributed by atoms with van der Waals surface area (Å²) >= 11 is 3.29. The summed E-state index contributed by atoms with van der Waals surface area (Å²) in [5, 5.41) is 0. The van der Waals surface area contributed by atoms with E-state index in [1.807, 2.05) is 0 Å². The zero-order valence-electron chi connectivity index (χ0n) is 10.2. The van der Waals surface area contributed by atoms with Crippen molar-refractivity contribution >= 4 is 25.8 Å². The largest absolute Gasteiger partial charge is 0.224 e. The summed E-state index contributed by atoms with van der Waals surface area (Å²) in [4.78, 5) is 0.258. The van der Waals surface area contributed by atoms with Crippen molar-refractivity contribution in [1.29, 1.82) is 0 Å². The third-order valence-corrected chi connectivity index (χ3v) is 5.08. The van der Waals surface area contributed by atoms with Crippen LogP contribution in [0.3, 0.4) is 0 Å². The Bertz CT molecular complexity index is 694. The normalized spacial score (nSPS) is 11.5. The maximum absolute atomic E-state index is 13.7. The van der Waals surface area contributed by atoms with E-state index in [0.29, 0.717) is 11.1 Å². The van der Waals surface area contributed by atoms with Crippen molar-refractivity contribution < 1.29 is 12.8 Å². The third kappa shape index (κ3) is 3.04. The van der Waals surface area contributed by atoms with Gasteiger partial charge in [0.05, 0.1) is 10.6 Å². The SMILES string of the molecule is CCS(=O)(=O)c1ccc(-c2cc(Br)ccc2F)cc1. The molecule has 2 aromatic carbocycles. The van der Waals surface area contributed by atoms with Crippen LogP contribution in [0.5, 0.6) is 0 Å². The second-order valence-electron chi connectivity index (χ2n) is 4.05. The number of hydrogen-bond acceptors (Lipinski definition) is 2. The van der Waals surface area contributed by atoms with E-state index >= 15 is 0 Å². The lowest BCUT2D eigenvalue weighted by Crippen LogP contribution is -2.03. The monoisotopic (exact) mass is 342 g/mol. The van der Waals surface area contributed by atoms with Gasteiger partial charge in [0.1, 0.15) is 5.82 Å². The van der Waals surface area contributed by atoms with Gasteiger partial charge < -0.3 is 0 Å². The maximum Gasteiger partial charge on any atom is 0.178 e. The highest BCUT2D eigenvalue weighted by atomic mass is 79.9. The summed E-state index contributed by atoms with van der Waals surface area (Å²) in [7, 11) is -3.22. The van der Waals surface area contributed by atoms with Crippen molar-refractivity contribution in [2.45, 2.75) is 11.8 Å². The summed E-state index contributed by atoms with van der Waals surface area (Å²) in [5.74, 6) is -0.285. The predicted octanol–water partition coefficient (Wildman–Crippen LogP) is 4.05. The van der Waals surface area contributed by atoms with Crippen molar-refractivity contribution in [3.63, 3.8) is 0 Å². The lowest BCUT2D eigenvalue weighted by Gasteiger charge is -2.06. The zero-order chi connectivity index (χ0) is 14.0. The smallest absolute Gasteiger partial charge is 0.178 e. The fraction of sp³-hybridized carbons (Fsp3) is 0.143. The summed E-state index contributed by atoms with van der Waals surface area (Å²) in [6.07, 6.45) is 0. The molecule has 0 bridgehead atoms. The average Bonchev–Trinajstić information content (AvgIpc) is 2.42. The number of rotatable bonds is 3. The van der Waals surface area contributed by atoms with Crippen LogP contribution in [0.4, 0.5) is 4.39 Å². The minimum absolute atomic E-state index is 0.0532. The Hall–Kier alpha value is -1.20. The van der Waals surface area contributed by atoms with Crippen LogP contribution in [-0.2, 0) is 9.84 Å². The minimum atomic E-state index is -3.22. The van der Waals surface area contributed by atoms with E-state index in [4.69, 9.17) is 0 Å². The average molecular weight is 343 g/mol. The highest BCUT2D eigenvalue weighted by Crippen LogP contribution is 2.27. The molecule has 0 aliphatic carbocycles. The van der Waals surface area contributed by atoms with E-state index in [9.17, 15) is 12.8 Å². The van der Waals surface area contributed by atoms with E-state index in [-0.39, 0.29) is 16.5 Å². The van der Waals surface area contributed by atoms with Gasteiger partial charge in [-0.05, 0) is 35.9 Å². The van der Waals surface area contributed by atoms with Gasteiger partial charge in [-0.2, -0.15) is 0 Å². The van der Waals surface area contributed by atoms with Crippen molar-refractivity contribution in [3.8, 4) is 11.1 Å². The van der Waals surface area contributed by atoms with Gasteiger partial charge in [0.25, 0.3) is 0 Å². The Morgan fingerprint density at radius 3 is 2.32 bits per heavy atom. The van der Waals surface area contributed by atoms with Gasteiger partial charge in [0.2, 0.25) is 0 Å². The first-order valence-electron chi connectivity index (χ1n) is 5.72. The molecule has 0 atom stereocenters. The molecule has 0 unspecified atom stereocenters. The molecule has 19 heavy (non-hydrogen) atoms. The number of benzene rings is 2. The molecule has 0 amide bonds. The Morgan fingerprint density at radius 2 is 1.74 bits per heavy atom. The van der Waals surface area contributed by atoms with Crippen LogP contribution < -0.4 is 0 Å². The predicted molar refractivity (Wildman–Crippen MR) is 77.3 cm³/mol. The molecule has 5 heteroatoms. The minimum Gasteiger partial charge on any atom is -0.224 e. The highest BCUT2D eigenvalue weighted by Gasteiger charge is 2.12. The Kier molecular flexibility index (Phi) is 4.06. The van der Waals surface area contributed by atoms with Crippen molar-refractivity contribution in [1.82, 2.24) is 0 Å². The van der Waals surface area contributed by atoms with Crippen LogP contribution in [0.25, 0.3) is 11.1 Å². The van der Waals surface area contributed by atoms with Crippen molar-refractivity contribution in [2.75, 3.05) is 5.75 Å². The first-order chi connectivity index (χ1) is 8.94. The van der Waals surface area contributed by atoms with Crippen LogP contribution in [-0.4, -0.2) is 14.2 Å². The first-order valence-corrected chi connectivity index (χ1v) is 8.17. The second kappa shape index (κ2) is 5.43. The second-order valence-corrected chi connectivity index (χ2v) is 7.25. The van der Waals surface area contributed by atoms with Gasteiger partial charge in [-0.1, -0.05) is 35.0 Å². The molecule has 0 heterocycles. The fourth-order valence-electron chi connectivity index (χ4n) is 1.73. The molecule has 0 fully saturated rings. The Morgan fingerprint density at radius 1 is 1.11 bits per heavy atom. The van der Waals surface area contributed by atoms with Crippen LogP contribution in [0, 0.1) is 5.82 Å². The molecule has 0 aromatic heterocycles. The first kappa shape index (κ1) is 14.2. The van der Waals surface area contributed by atoms with Crippen LogP contribution >= 0.6 is 15.9 Å². The molecular weight excluding hydrogens is 331 g/mol. The molecule has 0 radical (unpaired) electrons. The quantitative estimate of drug-likeness (QED) is 0.843. The molecule has 2 rings (SSSR count). The van der Waals surface area contributed by atoms with Gasteiger partial charge >= 0.3 is 0 Å². The van der Waals surface area contributed by atoms with E-state index in [1.54, 1.807) is 31.2 Å². The Balaban J connectivity index is 2.46. The lowest BCUT2D eigenvalue weighted by molar-refractivity contribution is 0.597. The topological polar surface area (TPSA) is 34.1 Å². The highest BCUT2D eigenvalue weighted by molar-refractivity contribution is 9.10. The standard InChI is InChI=1S/C14H12BrFO2S/c1-2-19(17,18)12-6-3-10(4-7-12)13-9-11(15)5-8-14(13)16/h3-9H,2H2,1H3. The van der Waals surface area contributed by atoms with Crippen molar-refractivity contribution in [2.24, 2.45) is 0 Å². The molecule has 0 aliphatic rings. The van der Waals surface area contributed by atoms with Gasteiger partial charge in [-0.25, -0.2) is 12.8 Å².